The van der Waals surface area contributed by atoms with Gasteiger partial charge in [0.2, 0.25) is 0 Å². The zero-order valence-electron chi connectivity index (χ0n) is 20.0. The van der Waals surface area contributed by atoms with Crippen LogP contribution in [0.4, 0.5) is 4.79 Å². The number of rotatable bonds is 8. The van der Waals surface area contributed by atoms with Crippen molar-refractivity contribution in [3.05, 3.63) is 106 Å². The number of nitrogens with zero attached hydrogens (tertiary/aromatic N) is 1. The molecule has 0 spiro atoms. The van der Waals surface area contributed by atoms with Crippen LogP contribution < -0.4 is 10.8 Å². The van der Waals surface area contributed by atoms with Crippen LogP contribution >= 0.6 is 23.4 Å². The standard InChI is InChI=1S/C28H22BClN2O5S/c30-25-13-19(29(35)36)12-18(26(25)38-27-17(15-33)6-5-11-31-27)14-32-28(34)37-16-24-22-9-3-1-7-20(22)21-8-2-4-10-23(21)24/h1-13,15,24,35-36H,14,16H2,(H,32,34). The summed E-state index contributed by atoms with van der Waals surface area (Å²) in [6, 6.07) is 22.4. The van der Waals surface area contributed by atoms with Crippen molar-refractivity contribution in [2.45, 2.75) is 22.4 Å². The molecule has 1 aromatic heterocycles. The fourth-order valence-electron chi connectivity index (χ4n) is 4.56. The Morgan fingerprint density at radius 1 is 1.05 bits per heavy atom. The van der Waals surface area contributed by atoms with Crippen LogP contribution in [0.25, 0.3) is 11.1 Å². The van der Waals surface area contributed by atoms with Gasteiger partial charge in [0.1, 0.15) is 11.6 Å². The van der Waals surface area contributed by atoms with Gasteiger partial charge in [-0.1, -0.05) is 78.0 Å². The molecule has 7 nitrogen and oxygen atoms in total. The Hall–Kier alpha value is -3.63. The van der Waals surface area contributed by atoms with E-state index in [0.717, 1.165) is 34.0 Å². The second-order valence-corrected chi connectivity index (χ2v) is 10.1. The zero-order valence-corrected chi connectivity index (χ0v) is 21.6. The van der Waals surface area contributed by atoms with Gasteiger partial charge in [-0.3, -0.25) is 4.79 Å². The first-order valence-corrected chi connectivity index (χ1v) is 13.0. The number of hydrogen-bond donors (Lipinski definition) is 3. The predicted molar refractivity (Wildman–Crippen MR) is 147 cm³/mol. The number of pyridine rings is 1. The van der Waals surface area contributed by atoms with Crippen LogP contribution in [0.3, 0.4) is 0 Å². The Labute approximate surface area is 229 Å². The molecule has 3 N–H and O–H groups in total. The lowest BCUT2D eigenvalue weighted by molar-refractivity contribution is 0.112. The van der Waals surface area contributed by atoms with Crippen molar-refractivity contribution < 1.29 is 24.4 Å². The summed E-state index contributed by atoms with van der Waals surface area (Å²) in [5.41, 5.74) is 5.56. The summed E-state index contributed by atoms with van der Waals surface area (Å²) < 4.78 is 5.62. The highest BCUT2D eigenvalue weighted by Crippen LogP contribution is 2.44. The van der Waals surface area contributed by atoms with E-state index in [1.807, 2.05) is 36.4 Å². The molecule has 190 valence electrons. The molecule has 0 aliphatic heterocycles. The van der Waals surface area contributed by atoms with E-state index in [9.17, 15) is 19.6 Å². The minimum atomic E-state index is -1.75. The first-order valence-electron chi connectivity index (χ1n) is 11.8. The van der Waals surface area contributed by atoms with E-state index in [2.05, 4.69) is 22.4 Å². The minimum absolute atomic E-state index is 0.00252. The van der Waals surface area contributed by atoms with Crippen LogP contribution in [0, 0.1) is 0 Å². The topological polar surface area (TPSA) is 109 Å². The molecule has 1 aliphatic carbocycles. The molecule has 1 aliphatic rings. The van der Waals surface area contributed by atoms with Crippen molar-refractivity contribution in [3.63, 3.8) is 0 Å². The highest BCUT2D eigenvalue weighted by molar-refractivity contribution is 7.99. The van der Waals surface area contributed by atoms with Crippen LogP contribution in [0.5, 0.6) is 0 Å². The number of nitrogens with one attached hydrogen (secondary N) is 1. The summed E-state index contributed by atoms with van der Waals surface area (Å²) in [6.07, 6.45) is 1.63. The highest BCUT2D eigenvalue weighted by atomic mass is 35.5. The molecule has 0 radical (unpaired) electrons. The molecule has 1 amide bonds. The molecule has 0 saturated heterocycles. The fraction of sp³-hybridized carbons (Fsp3) is 0.107. The molecule has 10 heteroatoms. The molecule has 0 fully saturated rings. The molecule has 0 unspecified atom stereocenters. The molecule has 4 aromatic rings. The lowest BCUT2D eigenvalue weighted by Crippen LogP contribution is -2.31. The van der Waals surface area contributed by atoms with E-state index in [4.69, 9.17) is 16.3 Å². The van der Waals surface area contributed by atoms with Crippen molar-refractivity contribution in [2.24, 2.45) is 0 Å². The van der Waals surface area contributed by atoms with Gasteiger partial charge in [0.05, 0.1) is 5.02 Å². The van der Waals surface area contributed by atoms with E-state index in [1.54, 1.807) is 18.3 Å². The van der Waals surface area contributed by atoms with Gasteiger partial charge in [0, 0.05) is 29.1 Å². The van der Waals surface area contributed by atoms with Crippen molar-refractivity contribution >= 4 is 48.3 Å². The van der Waals surface area contributed by atoms with E-state index in [1.165, 1.54) is 12.1 Å². The summed E-state index contributed by atoms with van der Waals surface area (Å²) in [7, 11) is -1.75. The number of alkyl carbamates (subject to hydrolysis) is 1. The maximum absolute atomic E-state index is 12.7. The number of aldehydes is 1. The molecule has 0 atom stereocenters. The number of benzene rings is 3. The molecular weight excluding hydrogens is 523 g/mol. The number of halogens is 1. The smallest absolute Gasteiger partial charge is 0.449 e. The van der Waals surface area contributed by atoms with Crippen LogP contribution in [-0.4, -0.2) is 41.1 Å². The lowest BCUT2D eigenvalue weighted by Gasteiger charge is -2.16. The van der Waals surface area contributed by atoms with Crippen LogP contribution in [0.2, 0.25) is 5.02 Å². The zero-order chi connectivity index (χ0) is 26.6. The van der Waals surface area contributed by atoms with Gasteiger partial charge in [-0.2, -0.15) is 0 Å². The molecule has 5 rings (SSSR count). The molecule has 0 bridgehead atoms. The summed E-state index contributed by atoms with van der Waals surface area (Å²) >= 11 is 7.63. The van der Waals surface area contributed by atoms with Gasteiger partial charge in [0.25, 0.3) is 0 Å². The van der Waals surface area contributed by atoms with Gasteiger partial charge in [0.15, 0.2) is 6.29 Å². The fourth-order valence-corrected chi connectivity index (χ4v) is 5.88. The molecule has 0 saturated carbocycles. The molecule has 38 heavy (non-hydrogen) atoms. The second kappa shape index (κ2) is 11.4. The Morgan fingerprint density at radius 3 is 2.39 bits per heavy atom. The van der Waals surface area contributed by atoms with Gasteiger partial charge in [-0.25, -0.2) is 9.78 Å². The van der Waals surface area contributed by atoms with Crippen molar-refractivity contribution in [2.75, 3.05) is 6.61 Å². The van der Waals surface area contributed by atoms with Gasteiger partial charge < -0.3 is 20.1 Å². The third-order valence-corrected chi connectivity index (χ3v) is 7.96. The average Bonchev–Trinajstić information content (AvgIpc) is 3.25. The first kappa shape index (κ1) is 26.0. The molecule has 1 heterocycles. The van der Waals surface area contributed by atoms with E-state index in [-0.39, 0.29) is 29.6 Å². The Morgan fingerprint density at radius 2 is 1.74 bits per heavy atom. The monoisotopic (exact) mass is 544 g/mol. The van der Waals surface area contributed by atoms with Gasteiger partial charge >= 0.3 is 13.2 Å². The van der Waals surface area contributed by atoms with Gasteiger partial charge in [-0.05, 0) is 51.5 Å². The summed E-state index contributed by atoms with van der Waals surface area (Å²) in [6.45, 7) is 0.163. The van der Waals surface area contributed by atoms with E-state index >= 15 is 0 Å². The van der Waals surface area contributed by atoms with Crippen molar-refractivity contribution in [1.82, 2.24) is 10.3 Å². The second-order valence-electron chi connectivity index (χ2n) is 8.66. The number of fused-ring (bicyclic) bond motifs is 3. The summed E-state index contributed by atoms with van der Waals surface area (Å²) in [5, 5.41) is 22.8. The third-order valence-electron chi connectivity index (χ3n) is 6.33. The van der Waals surface area contributed by atoms with Crippen molar-refractivity contribution in [1.29, 1.82) is 0 Å². The van der Waals surface area contributed by atoms with Crippen molar-refractivity contribution in [3.8, 4) is 11.1 Å². The number of aromatic nitrogens is 1. The number of ether oxygens (including phenoxy) is 1. The number of carbonyl (C=O) groups is 2. The maximum Gasteiger partial charge on any atom is 0.488 e. The Balaban J connectivity index is 1.32. The lowest BCUT2D eigenvalue weighted by atomic mass is 9.79. The Bertz CT molecular complexity index is 1470. The van der Waals surface area contributed by atoms with Crippen LogP contribution in [-0.2, 0) is 11.3 Å². The maximum atomic E-state index is 12.7. The summed E-state index contributed by atoms with van der Waals surface area (Å²) in [4.78, 5) is 29.0. The Kier molecular flexibility index (Phi) is 7.81. The largest absolute Gasteiger partial charge is 0.488 e. The van der Waals surface area contributed by atoms with Gasteiger partial charge in [-0.15, -0.1) is 0 Å². The predicted octanol–water partition coefficient (Wildman–Crippen LogP) is 4.42. The normalized spacial score (nSPS) is 12.0. The summed E-state index contributed by atoms with van der Waals surface area (Å²) in [5.74, 6) is -0.0764. The van der Waals surface area contributed by atoms with Crippen LogP contribution in [0.15, 0.2) is 88.9 Å². The quantitative estimate of drug-likeness (QED) is 0.223. The number of hydrogen-bond acceptors (Lipinski definition) is 7. The number of carbonyl (C=O) groups excluding carboxylic acids is 2. The third kappa shape index (κ3) is 5.32. The molecule has 3 aromatic carbocycles. The van der Waals surface area contributed by atoms with Crippen LogP contribution in [0.1, 0.15) is 33.0 Å². The van der Waals surface area contributed by atoms with E-state index < -0.39 is 13.2 Å². The molecular formula is C28H22BClN2O5S. The highest BCUT2D eigenvalue weighted by Gasteiger charge is 2.29. The van der Waals surface area contributed by atoms with E-state index in [0.29, 0.717) is 27.3 Å². The first-order chi connectivity index (χ1) is 18.5. The minimum Gasteiger partial charge on any atom is -0.449 e. The average molecular weight is 545 g/mol. The SMILES string of the molecule is O=Cc1cccnc1Sc1c(Cl)cc(B(O)O)cc1CNC(=O)OCC1c2ccccc2-c2ccccc21. The number of amides is 1.